The van der Waals surface area contributed by atoms with Gasteiger partial charge in [-0.1, -0.05) is 70.5 Å². The number of amides is 4. The van der Waals surface area contributed by atoms with Gasteiger partial charge < -0.3 is 49.3 Å². The fraction of sp³-hybridized carbons (Fsp3) is 0.462. The first kappa shape index (κ1) is 46.3. The van der Waals surface area contributed by atoms with Crippen molar-refractivity contribution in [2.45, 2.75) is 96.5 Å². The van der Waals surface area contributed by atoms with Crippen molar-refractivity contribution in [1.29, 1.82) is 0 Å². The Hall–Kier alpha value is -6.84. The number of aromatic nitrogens is 4. The molecule has 2 aromatic heterocycles. The van der Waals surface area contributed by atoms with Gasteiger partial charge in [0.1, 0.15) is 30.0 Å². The summed E-state index contributed by atoms with van der Waals surface area (Å²) >= 11 is 0. The Labute approximate surface area is 396 Å². The Kier molecular flexibility index (Phi) is 13.2. The fourth-order valence-corrected chi connectivity index (χ4v) is 11.1. The van der Waals surface area contributed by atoms with Gasteiger partial charge in [0, 0.05) is 41.9 Å². The minimum absolute atomic E-state index is 0.00449. The van der Waals surface area contributed by atoms with Crippen LogP contribution in [0.3, 0.4) is 0 Å². The maximum atomic E-state index is 14.6. The van der Waals surface area contributed by atoms with Gasteiger partial charge in [0.25, 0.3) is 0 Å². The summed E-state index contributed by atoms with van der Waals surface area (Å²) < 4.78 is 21.8. The minimum atomic E-state index is -0.733. The van der Waals surface area contributed by atoms with Crippen LogP contribution in [0.15, 0.2) is 73.2 Å². The number of carbonyl (C=O) groups is 4. The summed E-state index contributed by atoms with van der Waals surface area (Å²) in [7, 11) is 4.23. The van der Waals surface area contributed by atoms with Crippen molar-refractivity contribution in [3.8, 4) is 28.1 Å². The second-order valence-electron chi connectivity index (χ2n) is 18.5. The molecule has 4 amide bonds. The largest absolute Gasteiger partial charge is 0.501 e. The van der Waals surface area contributed by atoms with Gasteiger partial charge in [-0.15, -0.1) is 0 Å². The molecular weight excluding hydrogens is 865 g/mol. The molecule has 0 aliphatic carbocycles. The Morgan fingerprint density at radius 1 is 0.941 bits per heavy atom. The summed E-state index contributed by atoms with van der Waals surface area (Å²) in [6.45, 7) is 11.3. The van der Waals surface area contributed by atoms with E-state index in [1.54, 1.807) is 7.11 Å². The number of rotatable bonds is 13. The lowest BCUT2D eigenvalue weighted by atomic mass is 9.86. The molecule has 7 atom stereocenters. The van der Waals surface area contributed by atoms with E-state index in [0.717, 1.165) is 93.4 Å². The molecule has 16 nitrogen and oxygen atoms in total. The zero-order valence-electron chi connectivity index (χ0n) is 39.7. The van der Waals surface area contributed by atoms with Gasteiger partial charge >= 0.3 is 12.2 Å². The lowest BCUT2D eigenvalue weighted by Gasteiger charge is -2.36. The Balaban J connectivity index is 0.981. The second-order valence-corrected chi connectivity index (χ2v) is 18.5. The van der Waals surface area contributed by atoms with Crippen LogP contribution < -0.4 is 15.4 Å². The van der Waals surface area contributed by atoms with E-state index in [1.165, 1.54) is 14.2 Å². The maximum Gasteiger partial charge on any atom is 0.407 e. The molecule has 9 rings (SSSR count). The number of fused-ring (bicyclic) bond motifs is 7. The van der Waals surface area contributed by atoms with Gasteiger partial charge in [-0.25, -0.2) is 19.6 Å². The third-order valence-corrected chi connectivity index (χ3v) is 15.0. The predicted octanol–water partition coefficient (Wildman–Crippen LogP) is 8.87. The van der Waals surface area contributed by atoms with Crippen LogP contribution in [0.2, 0.25) is 0 Å². The van der Waals surface area contributed by atoms with Crippen molar-refractivity contribution in [3.05, 3.63) is 90.4 Å². The molecular formula is C52H62N8O8. The molecule has 7 unspecified atom stereocenters. The van der Waals surface area contributed by atoms with E-state index < -0.39 is 24.1 Å². The highest BCUT2D eigenvalue weighted by atomic mass is 16.5. The first-order chi connectivity index (χ1) is 33.0. The number of nitrogens with one attached hydrogen (secondary N) is 4. The molecule has 3 aromatic carbocycles. The van der Waals surface area contributed by atoms with Gasteiger partial charge in [-0.2, -0.15) is 0 Å². The van der Waals surface area contributed by atoms with Crippen LogP contribution in [0.4, 0.5) is 9.59 Å². The smallest absolute Gasteiger partial charge is 0.407 e. The number of ether oxygens (including phenoxy) is 4. The molecule has 4 N–H and O–H groups in total. The van der Waals surface area contributed by atoms with Gasteiger partial charge in [0.15, 0.2) is 0 Å². The monoisotopic (exact) mass is 926 g/mol. The molecule has 0 saturated carbocycles. The molecule has 4 aliphatic heterocycles. The molecule has 6 heterocycles. The summed E-state index contributed by atoms with van der Waals surface area (Å²) in [6, 6.07) is 13.3. The summed E-state index contributed by atoms with van der Waals surface area (Å²) in [5, 5.41) is 7.53. The van der Waals surface area contributed by atoms with Crippen molar-refractivity contribution >= 4 is 45.8 Å². The molecule has 358 valence electrons. The van der Waals surface area contributed by atoms with Crippen molar-refractivity contribution < 1.29 is 38.1 Å². The lowest BCUT2D eigenvalue weighted by Crippen LogP contribution is -2.54. The van der Waals surface area contributed by atoms with Crippen molar-refractivity contribution in [2.75, 3.05) is 34.4 Å². The van der Waals surface area contributed by atoms with Crippen LogP contribution in [0.1, 0.15) is 95.0 Å². The minimum Gasteiger partial charge on any atom is -0.501 e. The van der Waals surface area contributed by atoms with Crippen LogP contribution in [0.25, 0.3) is 44.2 Å². The molecule has 2 saturated heterocycles. The molecule has 0 bridgehead atoms. The van der Waals surface area contributed by atoms with Crippen LogP contribution >= 0.6 is 0 Å². The standard InChI is InChI=1S/C52H62N8O8/c1-8-29(9-2)39(24-54-51(63)66-6)49(61)59-26-33(28(4)65-5)22-43(59)48-55-40-18-15-31-21-38-36-17-14-32(20-34(36)27-68-44(38)23-37(31)46(40)57-48)41-25-53-47(56-41)42-19-16-35-13-11-12-30(10-3)45(50(62)60(35)42)58-52(64)67-7/h11-12,14-15,17-18,20-21,23,25,29-30,33,35,39,42-43,45H,4,8-10,13,16,19,22,24,26-27H2,1-3,5-7H3,(H,53,56)(H,54,63)(H,55,57)(H,58,64). The lowest BCUT2D eigenvalue weighted by molar-refractivity contribution is -0.139. The van der Waals surface area contributed by atoms with Crippen LogP contribution in [0, 0.1) is 23.7 Å². The number of carbonyl (C=O) groups excluding carboxylic acids is 4. The van der Waals surface area contributed by atoms with Crippen LogP contribution in [-0.4, -0.2) is 100 Å². The SMILES string of the molecule is C=C(OC)C1CC(c2nc3c(ccc4cc5c(cc43)OCc3cc(-c4cnc(C6CCC7CC=CC(CC)C(NC(=O)OC)C(=O)N76)[nH]4)ccc3-5)[nH]2)N(C(=O)C(CNC(=O)OC)C(CC)CC)C1. The summed E-state index contributed by atoms with van der Waals surface area (Å²) in [4.78, 5) is 74.3. The molecule has 16 heteroatoms. The van der Waals surface area contributed by atoms with Crippen molar-refractivity contribution in [1.82, 2.24) is 40.4 Å². The number of imidazole rings is 2. The van der Waals surface area contributed by atoms with Crippen LogP contribution in [-0.2, 0) is 30.4 Å². The van der Waals surface area contributed by atoms with E-state index in [-0.39, 0.29) is 54.2 Å². The predicted molar refractivity (Wildman–Crippen MR) is 257 cm³/mol. The van der Waals surface area contributed by atoms with E-state index >= 15 is 0 Å². The molecule has 0 radical (unpaired) electrons. The normalized spacial score (nSPS) is 22.5. The highest BCUT2D eigenvalue weighted by molar-refractivity contribution is 6.07. The number of benzene rings is 3. The third kappa shape index (κ3) is 8.53. The average Bonchev–Trinajstić information content (AvgIpc) is 4.20. The van der Waals surface area contributed by atoms with Crippen LogP contribution in [0.5, 0.6) is 5.75 Å². The van der Waals surface area contributed by atoms with Gasteiger partial charge in [0.05, 0.1) is 68.0 Å². The molecule has 0 spiro atoms. The number of H-pyrrole nitrogens is 2. The number of nitrogens with zero attached hydrogens (tertiary/aromatic N) is 4. The number of hydrogen-bond donors (Lipinski definition) is 4. The summed E-state index contributed by atoms with van der Waals surface area (Å²) in [6.07, 6.45) is 10.0. The van der Waals surface area contributed by atoms with E-state index in [2.05, 4.69) is 89.6 Å². The van der Waals surface area contributed by atoms with Gasteiger partial charge in [-0.05, 0) is 84.4 Å². The zero-order chi connectivity index (χ0) is 47.8. The Morgan fingerprint density at radius 2 is 1.75 bits per heavy atom. The fourth-order valence-electron chi connectivity index (χ4n) is 11.1. The third-order valence-electron chi connectivity index (χ3n) is 15.0. The van der Waals surface area contributed by atoms with E-state index in [1.807, 2.05) is 29.0 Å². The first-order valence-corrected chi connectivity index (χ1v) is 23.9. The van der Waals surface area contributed by atoms with Crippen molar-refractivity contribution in [2.24, 2.45) is 23.7 Å². The van der Waals surface area contributed by atoms with Gasteiger partial charge in [-0.3, -0.25) is 9.59 Å². The molecule has 4 aliphatic rings. The molecule has 5 aromatic rings. The van der Waals surface area contributed by atoms with Gasteiger partial charge in [0.2, 0.25) is 11.8 Å². The van der Waals surface area contributed by atoms with E-state index in [0.29, 0.717) is 37.6 Å². The Bertz CT molecular complexity index is 2780. The highest BCUT2D eigenvalue weighted by Gasteiger charge is 2.45. The summed E-state index contributed by atoms with van der Waals surface area (Å²) in [5.74, 6) is 1.95. The Morgan fingerprint density at radius 3 is 2.50 bits per heavy atom. The highest BCUT2D eigenvalue weighted by Crippen LogP contribution is 2.45. The van der Waals surface area contributed by atoms with Crippen molar-refractivity contribution in [3.63, 3.8) is 0 Å². The van der Waals surface area contributed by atoms with E-state index in [9.17, 15) is 19.2 Å². The topological polar surface area (TPSA) is 193 Å². The average molecular weight is 927 g/mol. The number of methoxy groups -OCH3 is 3. The van der Waals surface area contributed by atoms with E-state index in [4.69, 9.17) is 28.9 Å². The first-order valence-electron chi connectivity index (χ1n) is 23.9. The molecule has 2 fully saturated rings. The number of aromatic amines is 2. The molecule has 68 heavy (non-hydrogen) atoms. The maximum absolute atomic E-state index is 14.6. The second kappa shape index (κ2) is 19.4. The number of alkyl carbamates (subject to hydrolysis) is 2. The number of hydrogen-bond acceptors (Lipinski definition) is 10. The zero-order valence-corrected chi connectivity index (χ0v) is 39.7. The number of likely N-dealkylation sites (tertiary alicyclic amines) is 1. The summed E-state index contributed by atoms with van der Waals surface area (Å²) in [5.41, 5.74) is 6.52. The quantitative estimate of drug-likeness (QED) is 0.0655.